The average molecular weight is 389 g/mol. The highest BCUT2D eigenvalue weighted by molar-refractivity contribution is 9.10. The van der Waals surface area contributed by atoms with Crippen LogP contribution in [-0.4, -0.2) is 26.5 Å². The molecule has 6 nitrogen and oxygen atoms in total. The molecule has 0 atom stereocenters. The lowest BCUT2D eigenvalue weighted by Crippen LogP contribution is -2.16. The van der Waals surface area contributed by atoms with Crippen molar-refractivity contribution in [2.45, 2.75) is 4.90 Å². The lowest BCUT2D eigenvalue weighted by atomic mass is 10.2. The Labute approximate surface area is 134 Å². The lowest BCUT2D eigenvalue weighted by Gasteiger charge is -2.11. The van der Waals surface area contributed by atoms with E-state index in [1.165, 1.54) is 12.3 Å². The molecule has 1 heterocycles. The van der Waals surface area contributed by atoms with Crippen LogP contribution in [0.25, 0.3) is 0 Å². The number of pyridine rings is 1. The molecular weight excluding hydrogens is 379 g/mol. The summed E-state index contributed by atoms with van der Waals surface area (Å²) in [6.07, 6.45) is 1.40. The molecule has 1 aromatic heterocycles. The van der Waals surface area contributed by atoms with Gasteiger partial charge in [-0.05, 0) is 40.2 Å². The van der Waals surface area contributed by atoms with Gasteiger partial charge in [0.2, 0.25) is 0 Å². The van der Waals surface area contributed by atoms with E-state index in [0.717, 1.165) is 19.2 Å². The van der Waals surface area contributed by atoms with E-state index in [-0.39, 0.29) is 15.9 Å². The van der Waals surface area contributed by atoms with Gasteiger partial charge < -0.3 is 4.74 Å². The average Bonchev–Trinajstić information content (AvgIpc) is 2.49. The van der Waals surface area contributed by atoms with Crippen molar-refractivity contribution < 1.29 is 22.3 Å². The number of ether oxygens (including phenoxy) is 1. The minimum Gasteiger partial charge on any atom is -0.465 e. The molecular formula is C13H10BrFN2O4S. The molecule has 116 valence electrons. The van der Waals surface area contributed by atoms with Gasteiger partial charge in [-0.2, -0.15) is 0 Å². The number of halogens is 2. The second kappa shape index (κ2) is 6.41. The van der Waals surface area contributed by atoms with Gasteiger partial charge in [-0.15, -0.1) is 0 Å². The van der Waals surface area contributed by atoms with Crippen LogP contribution in [-0.2, 0) is 14.8 Å². The third kappa shape index (κ3) is 3.42. The molecule has 2 aromatic rings. The fourth-order valence-corrected chi connectivity index (χ4v) is 3.60. The number of methoxy groups -OCH3 is 1. The lowest BCUT2D eigenvalue weighted by molar-refractivity contribution is 0.0600. The molecule has 0 aliphatic rings. The van der Waals surface area contributed by atoms with Crippen LogP contribution >= 0.6 is 15.9 Å². The highest BCUT2D eigenvalue weighted by atomic mass is 79.9. The van der Waals surface area contributed by atoms with Gasteiger partial charge in [0.1, 0.15) is 16.5 Å². The second-order valence-electron chi connectivity index (χ2n) is 4.08. The van der Waals surface area contributed by atoms with Gasteiger partial charge in [-0.1, -0.05) is 6.07 Å². The van der Waals surface area contributed by atoms with E-state index in [4.69, 9.17) is 0 Å². The molecule has 1 N–H and O–H groups in total. The van der Waals surface area contributed by atoms with Gasteiger partial charge in [0.15, 0.2) is 0 Å². The third-order valence-electron chi connectivity index (χ3n) is 2.61. The number of aromatic nitrogens is 1. The van der Waals surface area contributed by atoms with Gasteiger partial charge >= 0.3 is 5.97 Å². The number of hydrogen-bond acceptors (Lipinski definition) is 5. The second-order valence-corrected chi connectivity index (χ2v) is 6.53. The Morgan fingerprint density at radius 2 is 2.09 bits per heavy atom. The van der Waals surface area contributed by atoms with E-state index < -0.39 is 26.7 Å². The molecule has 0 spiro atoms. The predicted octanol–water partition coefficient (Wildman–Crippen LogP) is 2.57. The summed E-state index contributed by atoms with van der Waals surface area (Å²) in [4.78, 5) is 14.9. The molecule has 2 rings (SSSR count). The minimum absolute atomic E-state index is 0.0679. The van der Waals surface area contributed by atoms with Crippen LogP contribution in [0.1, 0.15) is 10.4 Å². The summed E-state index contributed by atoms with van der Waals surface area (Å²) in [6, 6.07) is 6.54. The number of carbonyl (C=O) groups excluding carboxylic acids is 1. The molecule has 0 saturated heterocycles. The number of anilines is 1. The Kier molecular flexibility index (Phi) is 4.77. The number of sulfonamides is 1. The Balaban J connectivity index is 2.50. The van der Waals surface area contributed by atoms with Crippen LogP contribution in [0.3, 0.4) is 0 Å². The first-order valence-electron chi connectivity index (χ1n) is 5.86. The summed E-state index contributed by atoms with van der Waals surface area (Å²) in [6.45, 7) is 0. The van der Waals surface area contributed by atoms with E-state index in [0.29, 0.717) is 0 Å². The van der Waals surface area contributed by atoms with E-state index in [9.17, 15) is 17.6 Å². The van der Waals surface area contributed by atoms with Gasteiger partial charge in [0, 0.05) is 6.20 Å². The van der Waals surface area contributed by atoms with Crippen LogP contribution in [0.4, 0.5) is 10.2 Å². The topological polar surface area (TPSA) is 85.4 Å². The number of carbonyl (C=O) groups is 1. The maximum Gasteiger partial charge on any atom is 0.337 e. The molecule has 9 heteroatoms. The van der Waals surface area contributed by atoms with Crippen LogP contribution < -0.4 is 4.72 Å². The maximum atomic E-state index is 13.8. The summed E-state index contributed by atoms with van der Waals surface area (Å²) < 4.78 is 44.9. The summed E-state index contributed by atoms with van der Waals surface area (Å²) in [7, 11) is -3.02. The Bertz CT molecular complexity index is 812. The van der Waals surface area contributed by atoms with Gasteiger partial charge in [-0.3, -0.25) is 4.72 Å². The van der Waals surface area contributed by atoms with Gasteiger partial charge in [-0.25, -0.2) is 22.6 Å². The normalized spacial score (nSPS) is 11.0. The molecule has 1 aromatic carbocycles. The number of benzene rings is 1. The van der Waals surface area contributed by atoms with Crippen molar-refractivity contribution in [3.8, 4) is 0 Å². The van der Waals surface area contributed by atoms with Crippen molar-refractivity contribution >= 4 is 37.7 Å². The summed E-state index contributed by atoms with van der Waals surface area (Å²) in [5.74, 6) is -1.68. The molecule has 0 bridgehead atoms. The Morgan fingerprint density at radius 3 is 2.68 bits per heavy atom. The van der Waals surface area contributed by atoms with Gasteiger partial charge in [0.25, 0.3) is 10.0 Å². The molecule has 0 saturated carbocycles. The van der Waals surface area contributed by atoms with Crippen molar-refractivity contribution in [2.24, 2.45) is 0 Å². The Morgan fingerprint density at radius 1 is 1.36 bits per heavy atom. The fraction of sp³-hybridized carbons (Fsp3) is 0.0769. The van der Waals surface area contributed by atoms with Crippen LogP contribution in [0, 0.1) is 5.82 Å². The molecule has 22 heavy (non-hydrogen) atoms. The van der Waals surface area contributed by atoms with Crippen molar-refractivity contribution in [1.82, 2.24) is 4.98 Å². The zero-order chi connectivity index (χ0) is 16.3. The fourth-order valence-electron chi connectivity index (χ4n) is 1.61. The first kappa shape index (κ1) is 16.4. The van der Waals surface area contributed by atoms with Crippen molar-refractivity contribution in [1.29, 1.82) is 0 Å². The molecule has 0 fully saturated rings. The zero-order valence-electron chi connectivity index (χ0n) is 11.2. The maximum absolute atomic E-state index is 13.8. The highest BCUT2D eigenvalue weighted by Crippen LogP contribution is 2.28. The van der Waals surface area contributed by atoms with Crippen molar-refractivity contribution in [3.63, 3.8) is 0 Å². The minimum atomic E-state index is -4.14. The van der Waals surface area contributed by atoms with E-state index in [1.54, 1.807) is 12.1 Å². The summed E-state index contributed by atoms with van der Waals surface area (Å²) in [5, 5.41) is 0. The quantitative estimate of drug-likeness (QED) is 0.813. The smallest absolute Gasteiger partial charge is 0.337 e. The summed E-state index contributed by atoms with van der Waals surface area (Å²) >= 11 is 2.87. The van der Waals surface area contributed by atoms with Crippen LogP contribution in [0.5, 0.6) is 0 Å². The SMILES string of the molecule is COC(=O)c1cc(F)c(Br)c(S(=O)(=O)Nc2ccccn2)c1. The predicted molar refractivity (Wildman–Crippen MR) is 80.5 cm³/mol. The Hall–Kier alpha value is -2.00. The van der Waals surface area contributed by atoms with Gasteiger partial charge in [0.05, 0.1) is 17.1 Å². The highest BCUT2D eigenvalue weighted by Gasteiger charge is 2.23. The van der Waals surface area contributed by atoms with E-state index in [2.05, 4.69) is 30.4 Å². The molecule has 0 aliphatic heterocycles. The third-order valence-corrected chi connectivity index (χ3v) is 5.06. The number of rotatable bonds is 4. The number of nitrogens with one attached hydrogen (secondary N) is 1. The van der Waals surface area contributed by atoms with Crippen LogP contribution in [0.2, 0.25) is 0 Å². The standard InChI is InChI=1S/C13H10BrFN2O4S/c1-21-13(18)8-6-9(15)12(14)10(7-8)22(19,20)17-11-4-2-3-5-16-11/h2-7H,1H3,(H,16,17). The first-order valence-corrected chi connectivity index (χ1v) is 8.14. The molecule has 0 radical (unpaired) electrons. The van der Waals surface area contributed by atoms with Crippen molar-refractivity contribution in [3.05, 3.63) is 52.4 Å². The van der Waals surface area contributed by atoms with Crippen LogP contribution in [0.15, 0.2) is 45.9 Å². The molecule has 0 amide bonds. The molecule has 0 aliphatic carbocycles. The number of hydrogen-bond donors (Lipinski definition) is 1. The van der Waals surface area contributed by atoms with Crippen molar-refractivity contribution in [2.75, 3.05) is 11.8 Å². The van der Waals surface area contributed by atoms with E-state index >= 15 is 0 Å². The summed E-state index contributed by atoms with van der Waals surface area (Å²) in [5.41, 5.74) is -0.218. The first-order chi connectivity index (χ1) is 10.3. The monoisotopic (exact) mass is 388 g/mol. The van der Waals surface area contributed by atoms with E-state index in [1.807, 2.05) is 0 Å². The number of esters is 1. The zero-order valence-corrected chi connectivity index (χ0v) is 13.6. The molecule has 0 unspecified atom stereocenters. The number of nitrogens with zero attached hydrogens (tertiary/aromatic N) is 1. The largest absolute Gasteiger partial charge is 0.465 e.